The van der Waals surface area contributed by atoms with Gasteiger partial charge in [0.15, 0.2) is 0 Å². The molecule has 3 aromatic heterocycles. The molecule has 0 radical (unpaired) electrons. The normalized spacial score (nSPS) is 12.4. The summed E-state index contributed by atoms with van der Waals surface area (Å²) in [5.74, 6) is -0.970. The Morgan fingerprint density at radius 2 is 1.91 bits per heavy atom. The molecule has 5 rings (SSSR count). The Labute approximate surface area is 193 Å². The zero-order chi connectivity index (χ0) is 23.1. The van der Waals surface area contributed by atoms with Gasteiger partial charge < -0.3 is 5.11 Å². The van der Waals surface area contributed by atoms with Gasteiger partial charge in [0.1, 0.15) is 0 Å². The minimum absolute atomic E-state index is 0.205. The number of nitrogens with zero attached hydrogens (tertiary/aromatic N) is 4. The third kappa shape index (κ3) is 3.72. The van der Waals surface area contributed by atoms with Crippen molar-refractivity contribution in [2.45, 2.75) is 32.9 Å². The van der Waals surface area contributed by atoms with Gasteiger partial charge >= 0.3 is 11.7 Å². The Hall–Kier alpha value is -3.78. The smallest absolute Gasteiger partial charge is 0.330 e. The third-order valence-electron chi connectivity index (χ3n) is 5.92. The molecule has 1 N–H and O–H groups in total. The van der Waals surface area contributed by atoms with Gasteiger partial charge in [0.25, 0.3) is 0 Å². The summed E-state index contributed by atoms with van der Waals surface area (Å²) in [5, 5.41) is 10.7. The molecule has 0 saturated heterocycles. The standard InChI is InChI=1S/C25H22N4O3S/c1-15-10-16(2)24-18(27-33-22(24)11-15)14-28-21-13-26-9-8-19(21)29(25(28)32)20(12-23(30)31)17-6-4-3-5-7-17/h3-11,13,20H,12,14H2,1-2H3,(H,30,31)/t20-/m1/s1. The molecule has 1 atom stereocenters. The van der Waals surface area contributed by atoms with E-state index in [1.54, 1.807) is 27.6 Å². The Kier molecular flexibility index (Phi) is 5.30. The van der Waals surface area contributed by atoms with Crippen LogP contribution in [0, 0.1) is 13.8 Å². The van der Waals surface area contributed by atoms with Gasteiger partial charge in [-0.25, -0.2) is 4.79 Å². The lowest BCUT2D eigenvalue weighted by Gasteiger charge is -2.17. The molecule has 0 amide bonds. The van der Waals surface area contributed by atoms with Crippen LogP contribution < -0.4 is 5.69 Å². The molecule has 0 aliphatic heterocycles. The van der Waals surface area contributed by atoms with Crippen molar-refractivity contribution in [3.8, 4) is 0 Å². The van der Waals surface area contributed by atoms with Crippen molar-refractivity contribution in [3.05, 3.63) is 93.8 Å². The van der Waals surface area contributed by atoms with E-state index in [9.17, 15) is 14.7 Å². The zero-order valence-corrected chi connectivity index (χ0v) is 19.0. The maximum Gasteiger partial charge on any atom is 0.330 e. The molecule has 0 unspecified atom stereocenters. The lowest BCUT2D eigenvalue weighted by molar-refractivity contribution is -0.137. The van der Waals surface area contributed by atoms with Gasteiger partial charge in [-0.15, -0.1) is 0 Å². The number of aryl methyl sites for hydroxylation is 2. The van der Waals surface area contributed by atoms with Gasteiger partial charge in [-0.2, -0.15) is 4.37 Å². The molecule has 0 saturated carbocycles. The number of carboxylic acids is 1. The fourth-order valence-corrected chi connectivity index (χ4v) is 5.52. The monoisotopic (exact) mass is 458 g/mol. The van der Waals surface area contributed by atoms with E-state index >= 15 is 0 Å². The number of aromatic nitrogens is 4. The van der Waals surface area contributed by atoms with Crippen LogP contribution in [0.1, 0.15) is 34.8 Å². The highest BCUT2D eigenvalue weighted by molar-refractivity contribution is 7.13. The summed E-state index contributed by atoms with van der Waals surface area (Å²) < 4.78 is 8.97. The fraction of sp³-hybridized carbons (Fsp3) is 0.200. The summed E-state index contributed by atoms with van der Waals surface area (Å²) in [5.41, 5.74) is 4.91. The van der Waals surface area contributed by atoms with E-state index in [2.05, 4.69) is 35.3 Å². The van der Waals surface area contributed by atoms with E-state index < -0.39 is 12.0 Å². The number of hydrogen-bond acceptors (Lipinski definition) is 5. The van der Waals surface area contributed by atoms with Gasteiger partial charge in [0.2, 0.25) is 0 Å². The summed E-state index contributed by atoms with van der Waals surface area (Å²) in [6, 6.07) is 14.6. The van der Waals surface area contributed by atoms with Crippen LogP contribution >= 0.6 is 11.5 Å². The maximum absolute atomic E-state index is 13.8. The van der Waals surface area contributed by atoms with E-state index in [4.69, 9.17) is 0 Å². The first-order chi connectivity index (χ1) is 15.9. The van der Waals surface area contributed by atoms with Gasteiger partial charge in [-0.1, -0.05) is 36.4 Å². The minimum Gasteiger partial charge on any atom is -0.481 e. The molecule has 0 aliphatic carbocycles. The van der Waals surface area contributed by atoms with Crippen molar-refractivity contribution in [2.75, 3.05) is 0 Å². The van der Waals surface area contributed by atoms with Crippen molar-refractivity contribution in [2.24, 2.45) is 0 Å². The number of rotatable bonds is 6. The lowest BCUT2D eigenvalue weighted by atomic mass is 10.0. The SMILES string of the molecule is Cc1cc(C)c2c(Cn3c(=O)n([C@H](CC(=O)O)c4ccccc4)c4ccncc43)nsc2c1. The third-order valence-corrected chi connectivity index (χ3v) is 6.75. The molecule has 3 heterocycles. The molecular formula is C25H22N4O3S. The highest BCUT2D eigenvalue weighted by Crippen LogP contribution is 2.30. The van der Waals surface area contributed by atoms with Crippen molar-refractivity contribution >= 4 is 38.6 Å². The highest BCUT2D eigenvalue weighted by atomic mass is 32.1. The van der Waals surface area contributed by atoms with Gasteiger partial charge in [0, 0.05) is 11.6 Å². The predicted molar refractivity (Wildman–Crippen MR) is 129 cm³/mol. The average Bonchev–Trinajstić information content (AvgIpc) is 3.32. The number of carboxylic acid groups (broad SMARTS) is 1. The van der Waals surface area contributed by atoms with Crippen molar-refractivity contribution < 1.29 is 9.90 Å². The van der Waals surface area contributed by atoms with Crippen LogP contribution in [0.15, 0.2) is 65.7 Å². The predicted octanol–water partition coefficient (Wildman–Crippen LogP) is 4.54. The number of imidazole rings is 1. The summed E-state index contributed by atoms with van der Waals surface area (Å²) in [6.07, 6.45) is 3.07. The van der Waals surface area contributed by atoms with Crippen LogP contribution in [0.5, 0.6) is 0 Å². The Bertz CT molecular complexity index is 1550. The second-order valence-corrected chi connectivity index (χ2v) is 9.02. The average molecular weight is 459 g/mol. The number of pyridine rings is 1. The molecule has 8 heteroatoms. The summed E-state index contributed by atoms with van der Waals surface area (Å²) in [6.45, 7) is 4.40. The topological polar surface area (TPSA) is 90.0 Å². The van der Waals surface area contributed by atoms with Crippen LogP contribution in [0.4, 0.5) is 0 Å². The molecule has 0 spiro atoms. The Morgan fingerprint density at radius 3 is 2.67 bits per heavy atom. The van der Waals surface area contributed by atoms with Gasteiger partial charge in [-0.3, -0.25) is 18.9 Å². The largest absolute Gasteiger partial charge is 0.481 e. The van der Waals surface area contributed by atoms with Crippen molar-refractivity contribution in [1.29, 1.82) is 0 Å². The number of carbonyl (C=O) groups is 1. The number of hydrogen-bond donors (Lipinski definition) is 1. The maximum atomic E-state index is 13.8. The van der Waals surface area contributed by atoms with E-state index in [1.165, 1.54) is 17.1 Å². The Morgan fingerprint density at radius 1 is 1.12 bits per heavy atom. The molecule has 33 heavy (non-hydrogen) atoms. The van der Waals surface area contributed by atoms with Crippen LogP contribution in [0.25, 0.3) is 21.1 Å². The molecule has 0 fully saturated rings. The second kappa shape index (κ2) is 8.29. The molecule has 7 nitrogen and oxygen atoms in total. The number of aliphatic carboxylic acids is 1. The quantitative estimate of drug-likeness (QED) is 0.404. The summed E-state index contributed by atoms with van der Waals surface area (Å²) in [4.78, 5) is 29.7. The summed E-state index contributed by atoms with van der Waals surface area (Å²) >= 11 is 1.43. The van der Waals surface area contributed by atoms with Crippen LogP contribution in [0.2, 0.25) is 0 Å². The van der Waals surface area contributed by atoms with Crippen LogP contribution in [0.3, 0.4) is 0 Å². The Balaban J connectivity index is 1.71. The molecule has 0 bridgehead atoms. The van der Waals surface area contributed by atoms with E-state index in [0.29, 0.717) is 11.0 Å². The molecule has 5 aromatic rings. The first kappa shape index (κ1) is 21.1. The summed E-state index contributed by atoms with van der Waals surface area (Å²) in [7, 11) is 0. The molecule has 2 aromatic carbocycles. The van der Waals surface area contributed by atoms with E-state index in [1.807, 2.05) is 30.3 Å². The number of fused-ring (bicyclic) bond motifs is 2. The lowest BCUT2D eigenvalue weighted by Crippen LogP contribution is -2.29. The first-order valence-corrected chi connectivity index (χ1v) is 11.4. The number of benzene rings is 2. The second-order valence-electron chi connectivity index (χ2n) is 8.21. The van der Waals surface area contributed by atoms with Crippen molar-refractivity contribution in [3.63, 3.8) is 0 Å². The van der Waals surface area contributed by atoms with E-state index in [0.717, 1.165) is 26.9 Å². The minimum atomic E-state index is -0.970. The first-order valence-electron chi connectivity index (χ1n) is 10.6. The van der Waals surface area contributed by atoms with Crippen molar-refractivity contribution in [1.82, 2.24) is 18.5 Å². The van der Waals surface area contributed by atoms with Gasteiger partial charge in [-0.05, 0) is 54.2 Å². The van der Waals surface area contributed by atoms with Gasteiger partial charge in [0.05, 0.1) is 46.6 Å². The fourth-order valence-electron chi connectivity index (χ4n) is 4.56. The zero-order valence-electron chi connectivity index (χ0n) is 18.2. The molecule has 166 valence electrons. The van der Waals surface area contributed by atoms with Crippen LogP contribution in [-0.4, -0.2) is 29.6 Å². The molecule has 0 aliphatic rings. The highest BCUT2D eigenvalue weighted by Gasteiger charge is 2.25. The molecular weight excluding hydrogens is 436 g/mol. The van der Waals surface area contributed by atoms with E-state index in [-0.39, 0.29) is 18.7 Å². The van der Waals surface area contributed by atoms with Crippen LogP contribution in [-0.2, 0) is 11.3 Å².